The summed E-state index contributed by atoms with van der Waals surface area (Å²) >= 11 is 1.00. The average molecular weight is 866 g/mol. The number of thiophene rings is 1. The molecule has 1 unspecified atom stereocenters. The first kappa shape index (κ1) is 41.4. The maximum atomic E-state index is 14.4. The summed E-state index contributed by atoms with van der Waals surface area (Å²) in [6.07, 6.45) is 6.95. The van der Waals surface area contributed by atoms with Gasteiger partial charge >= 0.3 is 13.3 Å². The number of pyridine rings is 1. The van der Waals surface area contributed by atoms with Crippen LogP contribution in [-0.4, -0.2) is 98.5 Å². The number of carbonyl (C=O) groups excluding carboxylic acids is 5. The summed E-state index contributed by atoms with van der Waals surface area (Å²) in [7, 11) is -5.78. The zero-order valence-electron chi connectivity index (χ0n) is 32.1. The summed E-state index contributed by atoms with van der Waals surface area (Å²) in [6.45, 7) is 1.31. The van der Waals surface area contributed by atoms with E-state index in [1.165, 1.54) is 12.1 Å². The second-order valence-electron chi connectivity index (χ2n) is 15.5. The van der Waals surface area contributed by atoms with Gasteiger partial charge in [-0.3, -0.25) is 38.8 Å². The molecule has 2 aromatic carbocycles. The summed E-state index contributed by atoms with van der Waals surface area (Å²) in [4.78, 5) is 91.2. The molecule has 4 saturated heterocycles. The normalized spacial score (nSPS) is 22.5. The number of ether oxygens (including phenoxy) is 2. The van der Waals surface area contributed by atoms with Crippen molar-refractivity contribution in [3.05, 3.63) is 88.6 Å². The zero-order valence-corrected chi connectivity index (χ0v) is 33.8. The molecule has 4 fully saturated rings. The number of hydrogen-bond acceptors (Lipinski definition) is 10. The molecule has 4 N–H and O–H groups in total. The molecule has 4 atom stereocenters. The van der Waals surface area contributed by atoms with Gasteiger partial charge in [0.2, 0.25) is 23.6 Å². The molecule has 0 radical (unpaired) electrons. The van der Waals surface area contributed by atoms with E-state index in [9.17, 15) is 37.3 Å². The Morgan fingerprint density at radius 3 is 2.48 bits per heavy atom. The molecule has 316 valence electrons. The highest BCUT2D eigenvalue weighted by atomic mass is 32.1. The van der Waals surface area contributed by atoms with Gasteiger partial charge in [0.05, 0.1) is 10.8 Å². The molecule has 5 amide bonds. The number of aromatic nitrogens is 1. The van der Waals surface area contributed by atoms with Crippen molar-refractivity contribution in [1.82, 2.24) is 25.4 Å². The van der Waals surface area contributed by atoms with Crippen LogP contribution in [0, 0.1) is 0 Å². The van der Waals surface area contributed by atoms with E-state index >= 15 is 0 Å². The lowest BCUT2D eigenvalue weighted by molar-refractivity contribution is -0.148. The Bertz CT molecular complexity index is 2390. The summed E-state index contributed by atoms with van der Waals surface area (Å²) in [5.41, 5.74) is -3.62. The largest absolute Gasteiger partial charge is 0.490 e. The van der Waals surface area contributed by atoms with E-state index in [1.807, 2.05) is 12.1 Å². The lowest BCUT2D eigenvalue weighted by atomic mass is 9.90. The molecule has 8 rings (SSSR count). The predicted octanol–water partition coefficient (Wildman–Crippen LogP) is 4.77. The third-order valence-corrected chi connectivity index (χ3v) is 13.8. The smallest absolute Gasteiger partial charge is 0.399 e. The Kier molecular flexibility index (Phi) is 11.5. The quantitative estimate of drug-likeness (QED) is 0.0868. The number of fused-ring (bicyclic) bond motifs is 2. The minimum atomic E-state index is -5.78. The topological polar surface area (TPSA) is 205 Å². The molecule has 0 aliphatic carbocycles. The lowest BCUT2D eigenvalue weighted by Crippen LogP contribution is -2.58. The van der Waals surface area contributed by atoms with Crippen molar-refractivity contribution in [1.29, 1.82) is 0 Å². The Balaban J connectivity index is 0.845. The molecule has 2 aromatic heterocycles. The van der Waals surface area contributed by atoms with Crippen molar-refractivity contribution in [3.63, 3.8) is 0 Å². The molecule has 4 aliphatic heterocycles. The SMILES string of the molecule is O=C1CCC(c2ccc(OCCOc3ccncc3C3CN(C(=O)[C@@H]4CC[C@@H]5CCC[C@H](NC(=O)c6cc7cc(C(F)(F)P(=O)(O)O)ccc7s6)C(=O)N54)C3)cc2)C(=O)N1. The van der Waals surface area contributed by atoms with Crippen LogP contribution in [0.4, 0.5) is 8.78 Å². The third kappa shape index (κ3) is 8.25. The fourth-order valence-electron chi connectivity index (χ4n) is 8.49. The third-order valence-electron chi connectivity index (χ3n) is 11.7. The van der Waals surface area contributed by atoms with Crippen molar-refractivity contribution in [2.45, 2.75) is 80.6 Å². The Labute approximate surface area is 346 Å². The van der Waals surface area contributed by atoms with Crippen LogP contribution in [-0.2, 0) is 29.4 Å². The number of benzene rings is 2. The van der Waals surface area contributed by atoms with Crippen molar-refractivity contribution in [3.8, 4) is 11.5 Å². The van der Waals surface area contributed by atoms with E-state index in [2.05, 4.69) is 15.6 Å². The molecule has 19 heteroatoms. The summed E-state index contributed by atoms with van der Waals surface area (Å²) in [5, 5.41) is 5.37. The van der Waals surface area contributed by atoms with Crippen LogP contribution >= 0.6 is 18.9 Å². The molecular weight excluding hydrogens is 824 g/mol. The summed E-state index contributed by atoms with van der Waals surface area (Å²) in [6, 6.07) is 11.7. The monoisotopic (exact) mass is 865 g/mol. The van der Waals surface area contributed by atoms with Gasteiger partial charge in [0, 0.05) is 59.7 Å². The van der Waals surface area contributed by atoms with Gasteiger partial charge in [-0.25, -0.2) is 0 Å². The highest BCUT2D eigenvalue weighted by Crippen LogP contribution is 2.59. The van der Waals surface area contributed by atoms with E-state index in [0.717, 1.165) is 34.6 Å². The van der Waals surface area contributed by atoms with Gasteiger partial charge in [-0.15, -0.1) is 11.3 Å². The van der Waals surface area contributed by atoms with Gasteiger partial charge in [-0.2, -0.15) is 8.78 Å². The minimum absolute atomic E-state index is 0.0390. The van der Waals surface area contributed by atoms with Crippen LogP contribution < -0.4 is 20.1 Å². The highest BCUT2D eigenvalue weighted by molar-refractivity contribution is 7.52. The van der Waals surface area contributed by atoms with Crippen molar-refractivity contribution in [2.24, 2.45) is 0 Å². The number of imide groups is 1. The standard InChI is InChI=1S/C41H42F2N5O10PS/c42-41(43,59(54,55)56)26-6-12-34-24(18-26)19-35(60-34)38(51)45-31-3-1-2-27-7-11-32(48(27)39(31)52)40(53)47-21-25(22-47)30-20-44-15-14-33(30)58-17-16-57-28-8-4-23(5-9-28)29-10-13-36(49)46-37(29)50/h4-6,8-9,12,14-15,18-20,25,27,29,31-32H,1-3,7,10-11,13,16-17,21-22H2,(H,45,51)(H,46,49,50)(H2,54,55,56)/t27-,29?,31-,32-/m0/s1. The number of halogens is 2. The zero-order chi connectivity index (χ0) is 42.3. The molecule has 0 bridgehead atoms. The maximum Gasteiger partial charge on any atom is 0.399 e. The van der Waals surface area contributed by atoms with Crippen LogP contribution in [0.5, 0.6) is 11.5 Å². The molecule has 6 heterocycles. The minimum Gasteiger partial charge on any atom is -0.490 e. The lowest BCUT2D eigenvalue weighted by Gasteiger charge is -2.42. The first-order valence-electron chi connectivity index (χ1n) is 19.7. The number of amides is 5. The van der Waals surface area contributed by atoms with Gasteiger partial charge in [0.25, 0.3) is 5.91 Å². The van der Waals surface area contributed by atoms with Gasteiger partial charge in [0.15, 0.2) is 0 Å². The van der Waals surface area contributed by atoms with Crippen LogP contribution in [0.2, 0.25) is 0 Å². The van der Waals surface area contributed by atoms with E-state index < -0.39 is 36.8 Å². The maximum absolute atomic E-state index is 14.4. The number of hydrogen-bond donors (Lipinski definition) is 4. The molecule has 4 aliphatic rings. The molecule has 0 saturated carbocycles. The van der Waals surface area contributed by atoms with Crippen LogP contribution in [0.1, 0.15) is 83.1 Å². The van der Waals surface area contributed by atoms with Crippen LogP contribution in [0.3, 0.4) is 0 Å². The number of nitrogens with one attached hydrogen (secondary N) is 2. The second-order valence-corrected chi connectivity index (χ2v) is 18.3. The average Bonchev–Trinajstić information content (AvgIpc) is 3.80. The number of likely N-dealkylation sites (tertiary alicyclic amines) is 1. The molecular formula is C41H42F2N5O10PS. The molecule has 4 aromatic rings. The van der Waals surface area contributed by atoms with E-state index in [-0.39, 0.29) is 65.0 Å². The fourth-order valence-corrected chi connectivity index (χ4v) is 9.92. The van der Waals surface area contributed by atoms with Crippen LogP contribution in [0.25, 0.3) is 10.1 Å². The molecule has 0 spiro atoms. The Morgan fingerprint density at radius 2 is 1.73 bits per heavy atom. The molecule has 15 nitrogen and oxygen atoms in total. The van der Waals surface area contributed by atoms with Gasteiger partial charge in [0.1, 0.15) is 36.8 Å². The van der Waals surface area contributed by atoms with E-state index in [1.54, 1.807) is 40.4 Å². The summed E-state index contributed by atoms with van der Waals surface area (Å²) in [5.74, 6) is -0.844. The number of rotatable bonds is 12. The number of nitrogens with zero attached hydrogens (tertiary/aromatic N) is 3. The van der Waals surface area contributed by atoms with E-state index in [0.29, 0.717) is 74.2 Å². The fraction of sp³-hybridized carbons (Fsp3) is 0.415. The highest BCUT2D eigenvalue weighted by Gasteiger charge is 2.51. The first-order valence-corrected chi connectivity index (χ1v) is 22.1. The predicted molar refractivity (Wildman–Crippen MR) is 213 cm³/mol. The van der Waals surface area contributed by atoms with Gasteiger partial charge < -0.3 is 34.4 Å². The second kappa shape index (κ2) is 16.6. The summed E-state index contributed by atoms with van der Waals surface area (Å²) < 4.78 is 52.5. The number of carbonyl (C=O) groups is 5. The van der Waals surface area contributed by atoms with Gasteiger partial charge in [-0.1, -0.05) is 18.2 Å². The van der Waals surface area contributed by atoms with Crippen molar-refractivity contribution < 1.29 is 56.6 Å². The number of alkyl halides is 2. The van der Waals surface area contributed by atoms with Gasteiger partial charge in [-0.05, 0) is 85.9 Å². The Hall–Kier alpha value is -5.29. The van der Waals surface area contributed by atoms with E-state index in [4.69, 9.17) is 19.3 Å². The first-order chi connectivity index (χ1) is 28.7. The van der Waals surface area contributed by atoms with Crippen molar-refractivity contribution >= 4 is 58.6 Å². The Morgan fingerprint density at radius 1 is 0.967 bits per heavy atom. The van der Waals surface area contributed by atoms with Crippen molar-refractivity contribution in [2.75, 3.05) is 26.3 Å². The molecule has 60 heavy (non-hydrogen) atoms. The van der Waals surface area contributed by atoms with Crippen LogP contribution in [0.15, 0.2) is 67.0 Å². The number of piperidine rings is 1.